The molecule has 0 aromatic rings. The van der Waals surface area contributed by atoms with Crippen LogP contribution in [0.4, 0.5) is 0 Å². The summed E-state index contributed by atoms with van der Waals surface area (Å²) in [6, 6.07) is 0. The molecule has 96 valence electrons. The Balaban J connectivity index is 2.08. The maximum Gasteiger partial charge on any atom is 0.0488 e. The SMILES string of the molecule is CCCCCCCCC1(CO)CCNCC1. The molecule has 1 aliphatic heterocycles. The van der Waals surface area contributed by atoms with Crippen molar-refractivity contribution in [1.82, 2.24) is 5.32 Å². The highest BCUT2D eigenvalue weighted by Gasteiger charge is 2.30. The van der Waals surface area contributed by atoms with Gasteiger partial charge >= 0.3 is 0 Å². The lowest BCUT2D eigenvalue weighted by molar-refractivity contribution is 0.0774. The van der Waals surface area contributed by atoms with Crippen LogP contribution in [0, 0.1) is 5.41 Å². The van der Waals surface area contributed by atoms with Gasteiger partial charge in [-0.2, -0.15) is 0 Å². The zero-order valence-electron chi connectivity index (χ0n) is 10.9. The number of aliphatic hydroxyl groups excluding tert-OH is 1. The molecule has 1 saturated heterocycles. The molecule has 0 spiro atoms. The van der Waals surface area contributed by atoms with Gasteiger partial charge in [-0.25, -0.2) is 0 Å². The van der Waals surface area contributed by atoms with E-state index in [2.05, 4.69) is 12.2 Å². The van der Waals surface area contributed by atoms with E-state index in [9.17, 15) is 5.11 Å². The first kappa shape index (κ1) is 14.0. The van der Waals surface area contributed by atoms with Crippen LogP contribution in [-0.4, -0.2) is 24.8 Å². The lowest BCUT2D eigenvalue weighted by Gasteiger charge is -2.36. The number of unbranched alkanes of at least 4 members (excludes halogenated alkanes) is 5. The lowest BCUT2D eigenvalue weighted by atomic mass is 9.75. The van der Waals surface area contributed by atoms with Gasteiger partial charge in [-0.3, -0.25) is 0 Å². The van der Waals surface area contributed by atoms with Gasteiger partial charge in [0.2, 0.25) is 0 Å². The Kier molecular flexibility index (Phi) is 7.06. The molecule has 0 unspecified atom stereocenters. The van der Waals surface area contributed by atoms with Gasteiger partial charge in [0.15, 0.2) is 0 Å². The van der Waals surface area contributed by atoms with Crippen molar-refractivity contribution in [2.24, 2.45) is 5.41 Å². The normalized spacial score (nSPS) is 19.9. The third-order valence-electron chi connectivity index (χ3n) is 4.06. The standard InChI is InChI=1S/C14H29NO/c1-2-3-4-5-6-7-8-14(13-16)9-11-15-12-10-14/h15-16H,2-13H2,1H3. The fourth-order valence-corrected chi connectivity index (χ4v) is 2.72. The van der Waals surface area contributed by atoms with Crippen LogP contribution in [0.1, 0.15) is 64.7 Å². The number of rotatable bonds is 8. The van der Waals surface area contributed by atoms with Crippen LogP contribution >= 0.6 is 0 Å². The number of hydrogen-bond acceptors (Lipinski definition) is 2. The molecule has 16 heavy (non-hydrogen) atoms. The Bertz CT molecular complexity index is 164. The van der Waals surface area contributed by atoms with Gasteiger partial charge in [0, 0.05) is 6.61 Å². The minimum absolute atomic E-state index is 0.260. The van der Waals surface area contributed by atoms with E-state index >= 15 is 0 Å². The Hall–Kier alpha value is -0.0800. The molecule has 0 atom stereocenters. The summed E-state index contributed by atoms with van der Waals surface area (Å²) in [5.41, 5.74) is 0.260. The maximum atomic E-state index is 9.55. The molecule has 1 fully saturated rings. The second-order valence-electron chi connectivity index (χ2n) is 5.43. The van der Waals surface area contributed by atoms with E-state index in [0.717, 1.165) is 13.1 Å². The molecule has 0 aromatic heterocycles. The highest BCUT2D eigenvalue weighted by molar-refractivity contribution is 4.83. The molecule has 2 nitrogen and oxygen atoms in total. The highest BCUT2D eigenvalue weighted by Crippen LogP contribution is 2.34. The minimum Gasteiger partial charge on any atom is -0.396 e. The number of nitrogens with one attached hydrogen (secondary N) is 1. The average molecular weight is 227 g/mol. The number of hydrogen-bond donors (Lipinski definition) is 2. The second kappa shape index (κ2) is 8.08. The van der Waals surface area contributed by atoms with Gasteiger partial charge in [0.25, 0.3) is 0 Å². The summed E-state index contributed by atoms with van der Waals surface area (Å²) in [5.74, 6) is 0. The molecule has 0 amide bonds. The van der Waals surface area contributed by atoms with E-state index in [4.69, 9.17) is 0 Å². The molecule has 0 saturated carbocycles. The van der Waals surface area contributed by atoms with E-state index in [1.54, 1.807) is 0 Å². The zero-order valence-corrected chi connectivity index (χ0v) is 10.9. The van der Waals surface area contributed by atoms with Crippen molar-refractivity contribution in [3.8, 4) is 0 Å². The molecule has 2 heteroatoms. The van der Waals surface area contributed by atoms with Crippen molar-refractivity contribution in [3.63, 3.8) is 0 Å². The number of aliphatic hydroxyl groups is 1. The lowest BCUT2D eigenvalue weighted by Crippen LogP contribution is -2.39. The Labute approximate surface area is 101 Å². The maximum absolute atomic E-state index is 9.55. The molecule has 1 rings (SSSR count). The zero-order chi connectivity index (χ0) is 11.7. The summed E-state index contributed by atoms with van der Waals surface area (Å²) in [5, 5.41) is 12.9. The molecule has 0 radical (unpaired) electrons. The summed E-state index contributed by atoms with van der Waals surface area (Å²) in [6.45, 7) is 4.84. The minimum atomic E-state index is 0.260. The molecule has 0 aromatic carbocycles. The van der Waals surface area contributed by atoms with Crippen molar-refractivity contribution >= 4 is 0 Å². The molecule has 2 N–H and O–H groups in total. The predicted octanol–water partition coefficient (Wildman–Crippen LogP) is 3.10. The molecular formula is C14H29NO. The molecule has 1 aliphatic rings. The van der Waals surface area contributed by atoms with Gasteiger partial charge in [-0.15, -0.1) is 0 Å². The Morgan fingerprint density at radius 2 is 1.62 bits per heavy atom. The molecular weight excluding hydrogens is 198 g/mol. The van der Waals surface area contributed by atoms with Crippen molar-refractivity contribution in [2.45, 2.75) is 64.7 Å². The first-order valence-corrected chi connectivity index (χ1v) is 7.14. The molecule has 1 heterocycles. The molecule has 0 bridgehead atoms. The van der Waals surface area contributed by atoms with Gasteiger partial charge in [0.05, 0.1) is 0 Å². The van der Waals surface area contributed by atoms with Crippen molar-refractivity contribution in [3.05, 3.63) is 0 Å². The third-order valence-corrected chi connectivity index (χ3v) is 4.06. The van der Waals surface area contributed by atoms with Crippen LogP contribution in [0.3, 0.4) is 0 Å². The van der Waals surface area contributed by atoms with Crippen LogP contribution in [0.5, 0.6) is 0 Å². The summed E-state index contributed by atoms with van der Waals surface area (Å²) >= 11 is 0. The quantitative estimate of drug-likeness (QED) is 0.625. The van der Waals surface area contributed by atoms with E-state index in [1.165, 1.54) is 57.8 Å². The summed E-state index contributed by atoms with van der Waals surface area (Å²) in [7, 11) is 0. The average Bonchev–Trinajstić information content (AvgIpc) is 2.35. The fourth-order valence-electron chi connectivity index (χ4n) is 2.72. The highest BCUT2D eigenvalue weighted by atomic mass is 16.3. The van der Waals surface area contributed by atoms with E-state index in [0.29, 0.717) is 6.61 Å². The van der Waals surface area contributed by atoms with E-state index in [-0.39, 0.29) is 5.41 Å². The Morgan fingerprint density at radius 1 is 1.00 bits per heavy atom. The van der Waals surface area contributed by atoms with E-state index < -0.39 is 0 Å². The van der Waals surface area contributed by atoms with Crippen LogP contribution in [0.15, 0.2) is 0 Å². The summed E-state index contributed by atoms with van der Waals surface area (Å²) in [4.78, 5) is 0. The smallest absolute Gasteiger partial charge is 0.0488 e. The number of piperidine rings is 1. The van der Waals surface area contributed by atoms with Gasteiger partial charge in [0.1, 0.15) is 0 Å². The molecule has 0 aliphatic carbocycles. The topological polar surface area (TPSA) is 32.3 Å². The van der Waals surface area contributed by atoms with Crippen molar-refractivity contribution in [1.29, 1.82) is 0 Å². The van der Waals surface area contributed by atoms with Crippen LogP contribution in [0.25, 0.3) is 0 Å². The largest absolute Gasteiger partial charge is 0.396 e. The fraction of sp³-hybridized carbons (Fsp3) is 1.00. The van der Waals surface area contributed by atoms with Crippen LogP contribution in [-0.2, 0) is 0 Å². The monoisotopic (exact) mass is 227 g/mol. The van der Waals surface area contributed by atoms with Gasteiger partial charge in [-0.1, -0.05) is 45.4 Å². The summed E-state index contributed by atoms with van der Waals surface area (Å²) in [6.07, 6.45) is 11.7. The Morgan fingerprint density at radius 3 is 2.25 bits per heavy atom. The predicted molar refractivity (Wildman–Crippen MR) is 69.6 cm³/mol. The van der Waals surface area contributed by atoms with Crippen molar-refractivity contribution in [2.75, 3.05) is 19.7 Å². The third kappa shape index (κ3) is 4.84. The van der Waals surface area contributed by atoms with Gasteiger partial charge < -0.3 is 10.4 Å². The first-order chi connectivity index (χ1) is 7.83. The van der Waals surface area contributed by atoms with Crippen molar-refractivity contribution < 1.29 is 5.11 Å². The second-order valence-corrected chi connectivity index (χ2v) is 5.43. The van der Waals surface area contributed by atoms with Crippen LogP contribution in [0.2, 0.25) is 0 Å². The first-order valence-electron chi connectivity index (χ1n) is 7.14. The van der Waals surface area contributed by atoms with Gasteiger partial charge in [-0.05, 0) is 37.8 Å². The van der Waals surface area contributed by atoms with E-state index in [1.807, 2.05) is 0 Å². The summed E-state index contributed by atoms with van der Waals surface area (Å²) < 4.78 is 0. The van der Waals surface area contributed by atoms with Crippen LogP contribution < -0.4 is 5.32 Å².